The van der Waals surface area contributed by atoms with Crippen molar-refractivity contribution in [2.24, 2.45) is 0 Å². The van der Waals surface area contributed by atoms with Crippen molar-refractivity contribution in [1.82, 2.24) is 4.90 Å². The number of hydrogen-bond acceptors (Lipinski definition) is 3. The molecule has 1 rings (SSSR count). The molecule has 4 heteroatoms. The molecule has 0 N–H and O–H groups in total. The monoisotopic (exact) mass is 157 g/mol. The second-order valence-corrected chi connectivity index (χ2v) is 2.45. The molecule has 4 nitrogen and oxygen atoms in total. The largest absolute Gasteiger partial charge is 0.441 e. The average molecular weight is 157 g/mol. The van der Waals surface area contributed by atoms with E-state index in [1.807, 2.05) is 6.92 Å². The SMILES string of the molecule is CCN1C(=O)CC1OC(C)=O. The maximum absolute atomic E-state index is 10.8. The molecule has 0 aromatic heterocycles. The van der Waals surface area contributed by atoms with E-state index in [9.17, 15) is 9.59 Å². The van der Waals surface area contributed by atoms with Crippen molar-refractivity contribution in [3.63, 3.8) is 0 Å². The number of likely N-dealkylation sites (tertiary alicyclic amines) is 1. The zero-order valence-electron chi connectivity index (χ0n) is 6.66. The highest BCUT2D eigenvalue weighted by Crippen LogP contribution is 2.19. The predicted octanol–water partition coefficient (Wildman–Crippen LogP) is 0.128. The highest BCUT2D eigenvalue weighted by atomic mass is 16.6. The van der Waals surface area contributed by atoms with Crippen molar-refractivity contribution in [2.45, 2.75) is 26.5 Å². The van der Waals surface area contributed by atoms with Gasteiger partial charge in [0.1, 0.15) is 0 Å². The van der Waals surface area contributed by atoms with Crippen LogP contribution in [0.1, 0.15) is 20.3 Å². The Kier molecular flexibility index (Phi) is 2.12. The summed E-state index contributed by atoms with van der Waals surface area (Å²) in [5.74, 6) is -0.278. The van der Waals surface area contributed by atoms with E-state index in [0.29, 0.717) is 13.0 Å². The van der Waals surface area contributed by atoms with Gasteiger partial charge in [0.05, 0.1) is 6.42 Å². The van der Waals surface area contributed by atoms with Gasteiger partial charge < -0.3 is 9.64 Å². The molecule has 0 bridgehead atoms. The summed E-state index contributed by atoms with van der Waals surface area (Å²) in [6.07, 6.45) is 0.0398. The molecule has 1 aliphatic heterocycles. The van der Waals surface area contributed by atoms with Crippen LogP contribution in [-0.2, 0) is 14.3 Å². The molecule has 1 unspecified atom stereocenters. The highest BCUT2D eigenvalue weighted by Gasteiger charge is 2.36. The molecule has 0 radical (unpaired) electrons. The van der Waals surface area contributed by atoms with Gasteiger partial charge in [0.2, 0.25) is 5.91 Å². The number of ether oxygens (including phenoxy) is 1. The summed E-state index contributed by atoms with van der Waals surface area (Å²) in [6.45, 7) is 3.81. The average Bonchev–Trinajstić information content (AvgIpc) is 1.86. The Morgan fingerprint density at radius 2 is 2.45 bits per heavy atom. The Morgan fingerprint density at radius 1 is 1.82 bits per heavy atom. The first-order valence-corrected chi connectivity index (χ1v) is 3.62. The van der Waals surface area contributed by atoms with Crippen LogP contribution in [0.5, 0.6) is 0 Å². The maximum Gasteiger partial charge on any atom is 0.304 e. The van der Waals surface area contributed by atoms with Gasteiger partial charge >= 0.3 is 5.97 Å². The first-order chi connectivity index (χ1) is 5.15. The number of rotatable bonds is 2. The zero-order chi connectivity index (χ0) is 8.43. The fourth-order valence-electron chi connectivity index (χ4n) is 1.10. The van der Waals surface area contributed by atoms with Crippen molar-refractivity contribution < 1.29 is 14.3 Å². The van der Waals surface area contributed by atoms with Crippen molar-refractivity contribution in [1.29, 1.82) is 0 Å². The van der Waals surface area contributed by atoms with Gasteiger partial charge in [-0.3, -0.25) is 9.59 Å². The van der Waals surface area contributed by atoms with Gasteiger partial charge in [0.15, 0.2) is 6.23 Å². The second kappa shape index (κ2) is 2.90. The normalized spacial score (nSPS) is 22.9. The van der Waals surface area contributed by atoms with Crippen molar-refractivity contribution >= 4 is 11.9 Å². The lowest BCUT2D eigenvalue weighted by Gasteiger charge is -2.38. The maximum atomic E-state index is 10.8. The second-order valence-electron chi connectivity index (χ2n) is 2.45. The van der Waals surface area contributed by atoms with E-state index in [4.69, 9.17) is 4.74 Å². The molecule has 0 spiro atoms. The Labute approximate surface area is 65.1 Å². The zero-order valence-corrected chi connectivity index (χ0v) is 6.66. The van der Waals surface area contributed by atoms with Crippen molar-refractivity contribution in [3.05, 3.63) is 0 Å². The van der Waals surface area contributed by atoms with Crippen molar-refractivity contribution in [2.75, 3.05) is 6.54 Å². The van der Waals surface area contributed by atoms with Crippen LogP contribution >= 0.6 is 0 Å². The molecular formula is C7H11NO3. The van der Waals surface area contributed by atoms with Crippen LogP contribution in [0.3, 0.4) is 0 Å². The molecule has 0 aliphatic carbocycles. The van der Waals surface area contributed by atoms with Crippen molar-refractivity contribution in [3.8, 4) is 0 Å². The molecule has 1 saturated heterocycles. The molecule has 0 aromatic rings. The number of amides is 1. The number of nitrogens with zero attached hydrogens (tertiary/aromatic N) is 1. The molecular weight excluding hydrogens is 146 g/mol. The Hall–Kier alpha value is -1.06. The van der Waals surface area contributed by atoms with E-state index in [1.54, 1.807) is 0 Å². The first-order valence-electron chi connectivity index (χ1n) is 3.62. The van der Waals surface area contributed by atoms with Gasteiger partial charge in [-0.2, -0.15) is 0 Å². The smallest absolute Gasteiger partial charge is 0.304 e. The quantitative estimate of drug-likeness (QED) is 0.422. The number of β-lactam (4-membered cyclic amide) rings is 1. The van der Waals surface area contributed by atoms with E-state index in [1.165, 1.54) is 11.8 Å². The van der Waals surface area contributed by atoms with Gasteiger partial charge in [-0.25, -0.2) is 0 Å². The third kappa shape index (κ3) is 1.50. The van der Waals surface area contributed by atoms with Gasteiger partial charge in [-0.05, 0) is 6.92 Å². The van der Waals surface area contributed by atoms with Crippen LogP contribution in [0.25, 0.3) is 0 Å². The molecule has 1 atom stereocenters. The topological polar surface area (TPSA) is 46.6 Å². The summed E-state index contributed by atoms with van der Waals surface area (Å²) in [5, 5.41) is 0. The molecule has 1 aliphatic rings. The lowest BCUT2D eigenvalue weighted by Crippen LogP contribution is -2.54. The van der Waals surface area contributed by atoms with Crippen LogP contribution in [0, 0.1) is 0 Å². The predicted molar refractivity (Wildman–Crippen MR) is 37.6 cm³/mol. The van der Waals surface area contributed by atoms with Crippen LogP contribution in [0.2, 0.25) is 0 Å². The van der Waals surface area contributed by atoms with E-state index >= 15 is 0 Å². The minimum Gasteiger partial charge on any atom is -0.441 e. The number of carbonyl (C=O) groups excluding carboxylic acids is 2. The van der Waals surface area contributed by atoms with Crippen LogP contribution in [-0.4, -0.2) is 29.5 Å². The van der Waals surface area contributed by atoms with Crippen LogP contribution in [0.15, 0.2) is 0 Å². The highest BCUT2D eigenvalue weighted by molar-refractivity contribution is 5.83. The minimum absolute atomic E-state index is 0.0544. The Morgan fingerprint density at radius 3 is 2.82 bits per heavy atom. The minimum atomic E-state index is -0.332. The fraction of sp³-hybridized carbons (Fsp3) is 0.714. The summed E-state index contributed by atoms with van der Waals surface area (Å²) in [4.78, 5) is 22.8. The molecule has 1 amide bonds. The Balaban J connectivity index is 2.38. The van der Waals surface area contributed by atoms with E-state index < -0.39 is 0 Å². The van der Waals surface area contributed by atoms with Crippen LogP contribution in [0.4, 0.5) is 0 Å². The number of carbonyl (C=O) groups is 2. The van der Waals surface area contributed by atoms with E-state index in [-0.39, 0.29) is 18.1 Å². The number of esters is 1. The van der Waals surface area contributed by atoms with E-state index in [2.05, 4.69) is 0 Å². The fourth-order valence-corrected chi connectivity index (χ4v) is 1.10. The summed E-state index contributed by atoms with van der Waals surface area (Å²) in [6, 6.07) is 0. The molecule has 1 heterocycles. The molecule has 1 fully saturated rings. The summed E-state index contributed by atoms with van der Waals surface area (Å²) in [5.41, 5.74) is 0. The van der Waals surface area contributed by atoms with Gasteiger partial charge in [0, 0.05) is 13.5 Å². The van der Waals surface area contributed by atoms with Gasteiger partial charge in [-0.1, -0.05) is 0 Å². The first kappa shape index (κ1) is 8.04. The number of hydrogen-bond donors (Lipinski definition) is 0. The standard InChI is InChI=1S/C7H11NO3/c1-3-8-6(10)4-7(8)11-5(2)9/h7H,3-4H2,1-2H3. The molecule has 0 saturated carbocycles. The lowest BCUT2D eigenvalue weighted by molar-refractivity contribution is -0.181. The Bertz CT molecular complexity index is 190. The summed E-state index contributed by atoms with van der Waals surface area (Å²) >= 11 is 0. The lowest BCUT2D eigenvalue weighted by atomic mass is 10.1. The third-order valence-electron chi connectivity index (χ3n) is 1.66. The van der Waals surface area contributed by atoms with Gasteiger partial charge in [0.25, 0.3) is 0 Å². The third-order valence-corrected chi connectivity index (χ3v) is 1.66. The molecule has 0 aromatic carbocycles. The molecule has 11 heavy (non-hydrogen) atoms. The summed E-state index contributed by atoms with van der Waals surface area (Å²) in [7, 11) is 0. The summed E-state index contributed by atoms with van der Waals surface area (Å²) < 4.78 is 4.83. The molecule has 62 valence electrons. The van der Waals surface area contributed by atoms with E-state index in [0.717, 1.165) is 0 Å². The van der Waals surface area contributed by atoms with Crippen LogP contribution < -0.4 is 0 Å². The van der Waals surface area contributed by atoms with Gasteiger partial charge in [-0.15, -0.1) is 0 Å².